The van der Waals surface area contributed by atoms with Gasteiger partial charge in [0.05, 0.1) is 5.41 Å². The van der Waals surface area contributed by atoms with Crippen LogP contribution in [0.1, 0.15) is 24.0 Å². The summed E-state index contributed by atoms with van der Waals surface area (Å²) in [7, 11) is 0. The Balaban J connectivity index is 1.78. The van der Waals surface area contributed by atoms with E-state index in [-0.39, 0.29) is 5.91 Å². The molecule has 1 aromatic carbocycles. The number of aryl methyl sites for hydroxylation is 1. The molecule has 0 radical (unpaired) electrons. The smallest absolute Gasteiger partial charge is 0.381 e. The first-order chi connectivity index (χ1) is 13.3. The number of hydrogen-bond acceptors (Lipinski definition) is 4. The maximum absolute atomic E-state index is 13.6. The number of amides is 1. The van der Waals surface area contributed by atoms with Gasteiger partial charge in [0.2, 0.25) is 5.91 Å². The molecule has 2 saturated heterocycles. The summed E-state index contributed by atoms with van der Waals surface area (Å²) in [5, 5.41) is 5.71. The minimum absolute atomic E-state index is 0.316. The van der Waals surface area contributed by atoms with E-state index in [4.69, 9.17) is 4.74 Å². The van der Waals surface area contributed by atoms with Gasteiger partial charge in [-0.2, -0.15) is 13.2 Å². The lowest BCUT2D eigenvalue weighted by molar-refractivity contribution is -0.184. The van der Waals surface area contributed by atoms with Gasteiger partial charge in [-0.1, -0.05) is 24.3 Å². The summed E-state index contributed by atoms with van der Waals surface area (Å²) < 4.78 is 46.4. The van der Waals surface area contributed by atoms with Gasteiger partial charge in [0, 0.05) is 45.9 Å². The number of rotatable bonds is 5. The molecule has 0 spiro atoms. The molecule has 0 saturated carbocycles. The summed E-state index contributed by atoms with van der Waals surface area (Å²) in [4.78, 5) is 14.6. The molecule has 2 aliphatic heterocycles. The fourth-order valence-electron chi connectivity index (χ4n) is 4.25. The highest BCUT2D eigenvalue weighted by Crippen LogP contribution is 2.37. The average molecular weight is 399 g/mol. The fourth-order valence-corrected chi connectivity index (χ4v) is 4.25. The molecular weight excluding hydrogens is 371 g/mol. The summed E-state index contributed by atoms with van der Waals surface area (Å²) in [6.45, 7) is 4.00. The van der Waals surface area contributed by atoms with Crippen LogP contribution in [0.25, 0.3) is 0 Å². The van der Waals surface area contributed by atoms with E-state index in [1.807, 2.05) is 31.2 Å². The Kier molecular flexibility index (Phi) is 6.62. The Morgan fingerprint density at radius 2 is 1.89 bits per heavy atom. The second-order valence-electron chi connectivity index (χ2n) is 7.56. The van der Waals surface area contributed by atoms with Gasteiger partial charge in [0.15, 0.2) is 0 Å². The van der Waals surface area contributed by atoms with E-state index in [1.54, 1.807) is 0 Å². The maximum atomic E-state index is 13.6. The van der Waals surface area contributed by atoms with E-state index in [2.05, 4.69) is 10.6 Å². The largest absolute Gasteiger partial charge is 0.405 e. The summed E-state index contributed by atoms with van der Waals surface area (Å²) in [6, 6.07) is 5.92. The van der Waals surface area contributed by atoms with Crippen molar-refractivity contribution in [3.05, 3.63) is 35.4 Å². The van der Waals surface area contributed by atoms with Crippen molar-refractivity contribution in [3.63, 3.8) is 0 Å². The zero-order valence-electron chi connectivity index (χ0n) is 16.1. The Labute approximate surface area is 163 Å². The van der Waals surface area contributed by atoms with Crippen LogP contribution in [0.4, 0.5) is 13.2 Å². The minimum Gasteiger partial charge on any atom is -0.381 e. The molecule has 1 atom stereocenters. The standard InChI is InChI=1S/C20H28F3N3O2/c1-15-4-2-3-5-16(15)19(6-12-28-13-7-19)18(27)25-14-17(20(21,22)23)26-10-8-24-9-11-26/h2-5,17,24H,6-14H2,1H3,(H,25,27). The molecule has 0 bridgehead atoms. The Bertz CT molecular complexity index is 669. The van der Waals surface area contributed by atoms with Gasteiger partial charge in [0.25, 0.3) is 0 Å². The van der Waals surface area contributed by atoms with Crippen molar-refractivity contribution >= 4 is 5.91 Å². The van der Waals surface area contributed by atoms with Gasteiger partial charge in [-0.05, 0) is 30.9 Å². The molecule has 2 N–H and O–H groups in total. The Hall–Kier alpha value is -1.64. The molecule has 1 unspecified atom stereocenters. The van der Waals surface area contributed by atoms with Crippen LogP contribution >= 0.6 is 0 Å². The first kappa shape index (κ1) is 21.1. The molecule has 28 heavy (non-hydrogen) atoms. The SMILES string of the molecule is Cc1ccccc1C1(C(=O)NCC(N2CCNCC2)C(F)(F)F)CCOCC1. The van der Waals surface area contributed by atoms with Gasteiger partial charge >= 0.3 is 6.18 Å². The molecular formula is C20H28F3N3O2. The van der Waals surface area contributed by atoms with Gasteiger partial charge in [-0.15, -0.1) is 0 Å². The van der Waals surface area contributed by atoms with E-state index < -0.39 is 24.2 Å². The minimum atomic E-state index is -4.39. The third-order valence-corrected chi connectivity index (χ3v) is 5.87. The number of alkyl halides is 3. The van der Waals surface area contributed by atoms with Crippen molar-refractivity contribution in [2.24, 2.45) is 0 Å². The highest BCUT2D eigenvalue weighted by Gasteiger charge is 2.46. The van der Waals surface area contributed by atoms with E-state index in [0.29, 0.717) is 52.2 Å². The molecule has 156 valence electrons. The Morgan fingerprint density at radius 3 is 2.50 bits per heavy atom. The summed E-state index contributed by atoms with van der Waals surface area (Å²) in [6.07, 6.45) is -3.46. The molecule has 1 amide bonds. The average Bonchev–Trinajstić information content (AvgIpc) is 2.68. The van der Waals surface area contributed by atoms with Crippen molar-refractivity contribution in [2.45, 2.75) is 37.4 Å². The van der Waals surface area contributed by atoms with Crippen molar-refractivity contribution in [1.29, 1.82) is 0 Å². The third kappa shape index (κ3) is 4.50. The molecule has 5 nitrogen and oxygen atoms in total. The van der Waals surface area contributed by atoms with Crippen LogP contribution in [0.3, 0.4) is 0 Å². The number of halogens is 3. The second kappa shape index (κ2) is 8.80. The molecule has 0 aromatic heterocycles. The van der Waals surface area contributed by atoms with Crippen LogP contribution in [-0.2, 0) is 14.9 Å². The van der Waals surface area contributed by atoms with E-state index in [1.165, 1.54) is 4.90 Å². The Morgan fingerprint density at radius 1 is 1.25 bits per heavy atom. The van der Waals surface area contributed by atoms with Crippen LogP contribution in [0.5, 0.6) is 0 Å². The lowest BCUT2D eigenvalue weighted by Crippen LogP contribution is -2.59. The van der Waals surface area contributed by atoms with Gasteiger partial charge in [0.1, 0.15) is 6.04 Å². The van der Waals surface area contributed by atoms with Gasteiger partial charge < -0.3 is 15.4 Å². The normalized spacial score (nSPS) is 21.9. The molecule has 2 fully saturated rings. The summed E-state index contributed by atoms with van der Waals surface area (Å²) in [5.41, 5.74) is 0.999. The summed E-state index contributed by atoms with van der Waals surface area (Å²) >= 11 is 0. The van der Waals surface area contributed by atoms with E-state index >= 15 is 0 Å². The van der Waals surface area contributed by atoms with E-state index in [0.717, 1.165) is 11.1 Å². The number of nitrogens with zero attached hydrogens (tertiary/aromatic N) is 1. The van der Waals surface area contributed by atoms with Crippen molar-refractivity contribution in [1.82, 2.24) is 15.5 Å². The van der Waals surface area contributed by atoms with Crippen molar-refractivity contribution in [3.8, 4) is 0 Å². The number of ether oxygens (including phenoxy) is 1. The highest BCUT2D eigenvalue weighted by atomic mass is 19.4. The molecule has 2 heterocycles. The highest BCUT2D eigenvalue weighted by molar-refractivity contribution is 5.88. The van der Waals surface area contributed by atoms with Crippen molar-refractivity contribution in [2.75, 3.05) is 45.9 Å². The number of carbonyl (C=O) groups is 1. The number of hydrogen-bond donors (Lipinski definition) is 2. The van der Waals surface area contributed by atoms with Crippen LogP contribution in [0.2, 0.25) is 0 Å². The van der Waals surface area contributed by atoms with Crippen LogP contribution < -0.4 is 10.6 Å². The molecule has 2 aliphatic rings. The second-order valence-corrected chi connectivity index (χ2v) is 7.56. The molecule has 0 aliphatic carbocycles. The van der Waals surface area contributed by atoms with Gasteiger partial charge in [-0.3, -0.25) is 9.69 Å². The lowest BCUT2D eigenvalue weighted by atomic mass is 9.71. The third-order valence-electron chi connectivity index (χ3n) is 5.87. The number of nitrogens with one attached hydrogen (secondary N) is 2. The molecule has 8 heteroatoms. The van der Waals surface area contributed by atoms with Crippen molar-refractivity contribution < 1.29 is 22.7 Å². The summed E-state index contributed by atoms with van der Waals surface area (Å²) in [5.74, 6) is -0.338. The number of benzene rings is 1. The zero-order chi connectivity index (χ0) is 20.2. The maximum Gasteiger partial charge on any atom is 0.405 e. The topological polar surface area (TPSA) is 53.6 Å². The van der Waals surface area contributed by atoms with E-state index in [9.17, 15) is 18.0 Å². The zero-order valence-corrected chi connectivity index (χ0v) is 16.1. The predicted molar refractivity (Wildman–Crippen MR) is 100 cm³/mol. The number of carbonyl (C=O) groups excluding carboxylic acids is 1. The van der Waals surface area contributed by atoms with Gasteiger partial charge in [-0.25, -0.2) is 0 Å². The van der Waals surface area contributed by atoms with Crippen LogP contribution in [-0.4, -0.2) is 69.0 Å². The lowest BCUT2D eigenvalue weighted by Gasteiger charge is -2.39. The van der Waals surface area contributed by atoms with Crippen LogP contribution in [0, 0.1) is 6.92 Å². The predicted octanol–water partition coefficient (Wildman–Crippen LogP) is 2.00. The fraction of sp³-hybridized carbons (Fsp3) is 0.650. The first-order valence-corrected chi connectivity index (χ1v) is 9.78. The monoisotopic (exact) mass is 399 g/mol. The van der Waals surface area contributed by atoms with Crippen LogP contribution in [0.15, 0.2) is 24.3 Å². The molecule has 1 aromatic rings. The molecule has 3 rings (SSSR count). The quantitative estimate of drug-likeness (QED) is 0.795. The number of piperazine rings is 1. The first-order valence-electron chi connectivity index (χ1n) is 9.78.